The Morgan fingerprint density at radius 1 is 1.12 bits per heavy atom. The Bertz CT molecular complexity index is 834. The van der Waals surface area contributed by atoms with Crippen LogP contribution in [-0.4, -0.2) is 21.1 Å². The standard InChI is InChI=1S/C16H15ClN6S/c17-14-9-5-4-8-13(14)11-24-16-22-21-15(23(16)18)20-19-10-12-6-2-1-3-7-12/h1-10H,11,18H2,(H,20,21)/b19-10+. The molecule has 3 rings (SSSR count). The van der Waals surface area contributed by atoms with Crippen molar-refractivity contribution in [2.24, 2.45) is 5.10 Å². The normalized spacial score (nSPS) is 11.0. The van der Waals surface area contributed by atoms with E-state index in [0.717, 1.165) is 16.1 Å². The number of aromatic nitrogens is 3. The van der Waals surface area contributed by atoms with Crippen molar-refractivity contribution in [1.29, 1.82) is 0 Å². The molecule has 0 radical (unpaired) electrons. The van der Waals surface area contributed by atoms with E-state index in [4.69, 9.17) is 17.4 Å². The summed E-state index contributed by atoms with van der Waals surface area (Å²) in [7, 11) is 0. The first-order chi connectivity index (χ1) is 11.7. The van der Waals surface area contributed by atoms with E-state index in [-0.39, 0.29) is 0 Å². The molecule has 2 aromatic carbocycles. The van der Waals surface area contributed by atoms with Crippen LogP contribution in [-0.2, 0) is 5.75 Å². The van der Waals surface area contributed by atoms with Gasteiger partial charge in [-0.25, -0.2) is 10.1 Å². The van der Waals surface area contributed by atoms with Crippen molar-refractivity contribution >= 4 is 35.5 Å². The van der Waals surface area contributed by atoms with Gasteiger partial charge in [0.05, 0.1) is 6.21 Å². The molecule has 0 amide bonds. The van der Waals surface area contributed by atoms with E-state index in [1.807, 2.05) is 54.6 Å². The fourth-order valence-electron chi connectivity index (χ4n) is 1.91. The molecule has 6 nitrogen and oxygen atoms in total. The van der Waals surface area contributed by atoms with Crippen LogP contribution >= 0.6 is 23.4 Å². The average Bonchev–Trinajstić information content (AvgIpc) is 2.95. The molecular formula is C16H15ClN6S. The van der Waals surface area contributed by atoms with Crippen molar-refractivity contribution in [3.63, 3.8) is 0 Å². The number of halogens is 1. The molecule has 0 bridgehead atoms. The van der Waals surface area contributed by atoms with Crippen molar-refractivity contribution in [2.45, 2.75) is 10.9 Å². The monoisotopic (exact) mass is 358 g/mol. The molecule has 3 N–H and O–H groups in total. The summed E-state index contributed by atoms with van der Waals surface area (Å²) >= 11 is 7.60. The summed E-state index contributed by atoms with van der Waals surface area (Å²) in [6.07, 6.45) is 1.69. The van der Waals surface area contributed by atoms with Crippen molar-refractivity contribution in [2.75, 3.05) is 11.3 Å². The molecular weight excluding hydrogens is 344 g/mol. The highest BCUT2D eigenvalue weighted by Crippen LogP contribution is 2.25. The number of nitrogens with zero attached hydrogens (tertiary/aromatic N) is 4. The van der Waals surface area contributed by atoms with E-state index in [0.29, 0.717) is 16.9 Å². The Labute approximate surface area is 148 Å². The third-order valence-electron chi connectivity index (χ3n) is 3.16. The highest BCUT2D eigenvalue weighted by Gasteiger charge is 2.10. The molecule has 0 aliphatic heterocycles. The van der Waals surface area contributed by atoms with Crippen molar-refractivity contribution < 1.29 is 0 Å². The molecule has 1 heterocycles. The van der Waals surface area contributed by atoms with E-state index >= 15 is 0 Å². The maximum Gasteiger partial charge on any atom is 0.264 e. The zero-order valence-electron chi connectivity index (χ0n) is 12.6. The van der Waals surface area contributed by atoms with Gasteiger partial charge in [-0.3, -0.25) is 0 Å². The van der Waals surface area contributed by atoms with Crippen LogP contribution < -0.4 is 11.3 Å². The van der Waals surface area contributed by atoms with Crippen LogP contribution in [0.2, 0.25) is 5.02 Å². The van der Waals surface area contributed by atoms with Crippen LogP contribution in [0, 0.1) is 0 Å². The number of anilines is 1. The van der Waals surface area contributed by atoms with Crippen LogP contribution in [0.15, 0.2) is 64.9 Å². The summed E-state index contributed by atoms with van der Waals surface area (Å²) in [4.78, 5) is 0. The molecule has 3 aromatic rings. The molecule has 0 spiro atoms. The quantitative estimate of drug-likeness (QED) is 0.305. The van der Waals surface area contributed by atoms with Gasteiger partial charge < -0.3 is 5.84 Å². The van der Waals surface area contributed by atoms with Gasteiger partial charge in [-0.2, -0.15) is 5.10 Å². The Hall–Kier alpha value is -2.51. The molecule has 0 atom stereocenters. The number of nitrogens with two attached hydrogens (primary N) is 1. The van der Waals surface area contributed by atoms with E-state index in [9.17, 15) is 0 Å². The number of nitrogens with one attached hydrogen (secondary N) is 1. The Balaban J connectivity index is 1.61. The Kier molecular flexibility index (Phi) is 5.35. The van der Waals surface area contributed by atoms with Crippen molar-refractivity contribution in [3.05, 3.63) is 70.7 Å². The van der Waals surface area contributed by atoms with Crippen molar-refractivity contribution in [1.82, 2.24) is 14.9 Å². The molecule has 122 valence electrons. The third-order valence-corrected chi connectivity index (χ3v) is 4.52. The number of hydrazone groups is 1. The lowest BCUT2D eigenvalue weighted by molar-refractivity contribution is 0.847. The minimum Gasteiger partial charge on any atom is -0.334 e. The first-order valence-electron chi connectivity index (χ1n) is 7.15. The molecule has 0 unspecified atom stereocenters. The first-order valence-corrected chi connectivity index (χ1v) is 8.51. The van der Waals surface area contributed by atoms with Crippen LogP contribution in [0.4, 0.5) is 5.95 Å². The number of nitrogen functional groups attached to an aromatic ring is 1. The van der Waals surface area contributed by atoms with Gasteiger partial charge in [-0.1, -0.05) is 71.9 Å². The second-order valence-electron chi connectivity index (χ2n) is 4.84. The Morgan fingerprint density at radius 2 is 1.88 bits per heavy atom. The zero-order chi connectivity index (χ0) is 16.8. The van der Waals surface area contributed by atoms with E-state index in [1.54, 1.807) is 6.21 Å². The fourth-order valence-corrected chi connectivity index (χ4v) is 3.06. The van der Waals surface area contributed by atoms with Crippen LogP contribution in [0.3, 0.4) is 0 Å². The maximum atomic E-state index is 6.14. The predicted octanol–water partition coefficient (Wildman–Crippen LogP) is 3.38. The highest BCUT2D eigenvalue weighted by molar-refractivity contribution is 7.98. The number of hydrogen-bond acceptors (Lipinski definition) is 6. The third kappa shape index (κ3) is 4.06. The van der Waals surface area contributed by atoms with Gasteiger partial charge in [0.1, 0.15) is 0 Å². The van der Waals surface area contributed by atoms with Gasteiger partial charge in [0.25, 0.3) is 5.95 Å². The lowest BCUT2D eigenvalue weighted by Crippen LogP contribution is -2.13. The topological polar surface area (TPSA) is 81.1 Å². The molecule has 8 heteroatoms. The second kappa shape index (κ2) is 7.85. The minimum absolute atomic E-state index is 0.365. The van der Waals surface area contributed by atoms with Gasteiger partial charge in [0.2, 0.25) is 5.16 Å². The van der Waals surface area contributed by atoms with E-state index in [2.05, 4.69) is 20.7 Å². The molecule has 0 saturated carbocycles. The number of hydrogen-bond donors (Lipinski definition) is 2. The van der Waals surface area contributed by atoms with E-state index < -0.39 is 0 Å². The summed E-state index contributed by atoms with van der Waals surface area (Å²) in [5, 5.41) is 13.5. The molecule has 0 aliphatic rings. The van der Waals surface area contributed by atoms with Crippen LogP contribution in [0.5, 0.6) is 0 Å². The molecule has 0 saturated heterocycles. The average molecular weight is 359 g/mol. The van der Waals surface area contributed by atoms with Gasteiger partial charge in [0, 0.05) is 10.8 Å². The molecule has 0 fully saturated rings. The van der Waals surface area contributed by atoms with E-state index in [1.165, 1.54) is 16.4 Å². The smallest absolute Gasteiger partial charge is 0.264 e. The summed E-state index contributed by atoms with van der Waals surface area (Å²) < 4.78 is 1.36. The summed E-state index contributed by atoms with van der Waals surface area (Å²) in [5.74, 6) is 7.01. The largest absolute Gasteiger partial charge is 0.334 e. The number of thioether (sulfide) groups is 1. The van der Waals surface area contributed by atoms with Crippen LogP contribution in [0.25, 0.3) is 0 Å². The van der Waals surface area contributed by atoms with Gasteiger partial charge >= 0.3 is 0 Å². The van der Waals surface area contributed by atoms with Gasteiger partial charge in [0.15, 0.2) is 0 Å². The predicted molar refractivity (Wildman–Crippen MR) is 98.8 cm³/mol. The zero-order valence-corrected chi connectivity index (χ0v) is 14.2. The minimum atomic E-state index is 0.365. The molecule has 0 aliphatic carbocycles. The fraction of sp³-hybridized carbons (Fsp3) is 0.0625. The molecule has 24 heavy (non-hydrogen) atoms. The summed E-state index contributed by atoms with van der Waals surface area (Å²) in [6, 6.07) is 17.4. The maximum absolute atomic E-state index is 6.14. The van der Waals surface area contributed by atoms with Crippen LogP contribution in [0.1, 0.15) is 11.1 Å². The number of rotatable bonds is 6. The van der Waals surface area contributed by atoms with Gasteiger partial charge in [-0.05, 0) is 17.2 Å². The lowest BCUT2D eigenvalue weighted by Gasteiger charge is -2.04. The number of benzene rings is 2. The molecule has 1 aromatic heterocycles. The first kappa shape index (κ1) is 16.4. The summed E-state index contributed by atoms with van der Waals surface area (Å²) in [5.41, 5.74) is 4.78. The lowest BCUT2D eigenvalue weighted by atomic mass is 10.2. The SMILES string of the molecule is Nn1c(N/N=C/c2ccccc2)nnc1SCc1ccccc1Cl. The Morgan fingerprint density at radius 3 is 2.67 bits per heavy atom. The summed E-state index contributed by atoms with van der Waals surface area (Å²) in [6.45, 7) is 0. The van der Waals surface area contributed by atoms with Gasteiger partial charge in [-0.15, -0.1) is 10.2 Å². The second-order valence-corrected chi connectivity index (χ2v) is 6.19. The highest BCUT2D eigenvalue weighted by atomic mass is 35.5. The van der Waals surface area contributed by atoms with Crippen molar-refractivity contribution in [3.8, 4) is 0 Å².